The van der Waals surface area contributed by atoms with E-state index in [0.29, 0.717) is 0 Å². The average molecular weight is 200 g/mol. The summed E-state index contributed by atoms with van der Waals surface area (Å²) in [6, 6.07) is -1.18. The first kappa shape index (κ1) is 10.1. The number of aromatic nitrogens is 2. The molecule has 1 atom stereocenters. The molecular weight excluding hydrogens is 192 g/mol. The zero-order chi connectivity index (χ0) is 10.7. The number of carbonyl (C=O) groups is 1. The third-order valence-corrected chi connectivity index (χ3v) is 1.61. The summed E-state index contributed by atoms with van der Waals surface area (Å²) >= 11 is 0. The molecule has 0 aliphatic rings. The molecule has 0 unspecified atom stereocenters. The van der Waals surface area contributed by atoms with Gasteiger partial charge in [0.05, 0.1) is 0 Å². The van der Waals surface area contributed by atoms with Gasteiger partial charge in [0.2, 0.25) is 0 Å². The molecule has 0 fully saturated rings. The molecule has 1 aromatic rings. The highest BCUT2D eigenvalue weighted by molar-refractivity contribution is 5.73. The standard InChI is InChI=1S/C6H8N4O4/c7-3(6(11)12)1-4-5(10(13)14)9-2-8-4/h2-3H,1,7H2,(H,8,9)(H,11,12)/t3-/m0/s1. The van der Waals surface area contributed by atoms with Gasteiger partial charge in [-0.1, -0.05) is 0 Å². The number of aliphatic carboxylic acids is 1. The second-order valence-corrected chi connectivity index (χ2v) is 2.60. The molecule has 0 amide bonds. The van der Waals surface area contributed by atoms with Gasteiger partial charge in [0, 0.05) is 6.42 Å². The third kappa shape index (κ3) is 2.04. The van der Waals surface area contributed by atoms with Crippen LogP contribution in [0.15, 0.2) is 6.33 Å². The van der Waals surface area contributed by atoms with Crippen molar-refractivity contribution >= 4 is 11.8 Å². The topological polar surface area (TPSA) is 135 Å². The predicted molar refractivity (Wildman–Crippen MR) is 44.6 cm³/mol. The summed E-state index contributed by atoms with van der Waals surface area (Å²) in [6.45, 7) is 0. The van der Waals surface area contributed by atoms with Crippen LogP contribution in [0.1, 0.15) is 5.69 Å². The lowest BCUT2D eigenvalue weighted by Gasteiger charge is -2.02. The van der Waals surface area contributed by atoms with Crippen molar-refractivity contribution in [3.63, 3.8) is 0 Å². The monoisotopic (exact) mass is 200 g/mol. The van der Waals surface area contributed by atoms with Crippen LogP contribution in [-0.2, 0) is 11.2 Å². The maximum absolute atomic E-state index is 10.4. The van der Waals surface area contributed by atoms with Crippen LogP contribution in [0.2, 0.25) is 0 Å². The van der Waals surface area contributed by atoms with E-state index in [1.165, 1.54) is 0 Å². The number of hydrogen-bond acceptors (Lipinski definition) is 5. The van der Waals surface area contributed by atoms with Gasteiger partial charge in [-0.2, -0.15) is 0 Å². The largest absolute Gasteiger partial charge is 0.480 e. The van der Waals surface area contributed by atoms with Crippen molar-refractivity contribution in [3.8, 4) is 0 Å². The molecule has 0 aromatic carbocycles. The number of carboxylic acid groups (broad SMARTS) is 1. The molecule has 8 nitrogen and oxygen atoms in total. The van der Waals surface area contributed by atoms with Crippen molar-refractivity contribution in [2.24, 2.45) is 5.73 Å². The van der Waals surface area contributed by atoms with Crippen LogP contribution in [0, 0.1) is 10.1 Å². The summed E-state index contributed by atoms with van der Waals surface area (Å²) in [5.74, 6) is -1.54. The van der Waals surface area contributed by atoms with Crippen LogP contribution >= 0.6 is 0 Å². The van der Waals surface area contributed by atoms with Crippen molar-refractivity contribution < 1.29 is 14.8 Å². The number of hydrogen-bond donors (Lipinski definition) is 3. The average Bonchev–Trinajstić information content (AvgIpc) is 2.52. The molecule has 0 spiro atoms. The Morgan fingerprint density at radius 2 is 2.50 bits per heavy atom. The Balaban J connectivity index is 2.81. The van der Waals surface area contributed by atoms with Crippen LogP contribution in [0.25, 0.3) is 0 Å². The summed E-state index contributed by atoms with van der Waals surface area (Å²) in [4.78, 5) is 26.0. The highest BCUT2D eigenvalue weighted by Crippen LogP contribution is 2.13. The van der Waals surface area contributed by atoms with Gasteiger partial charge in [-0.05, 0) is 4.92 Å². The zero-order valence-corrected chi connectivity index (χ0v) is 7.01. The van der Waals surface area contributed by atoms with E-state index in [4.69, 9.17) is 10.8 Å². The molecule has 1 aromatic heterocycles. The Hall–Kier alpha value is -1.96. The molecule has 76 valence electrons. The van der Waals surface area contributed by atoms with E-state index in [0.717, 1.165) is 6.33 Å². The van der Waals surface area contributed by atoms with E-state index in [-0.39, 0.29) is 17.9 Å². The number of imidazole rings is 1. The summed E-state index contributed by atoms with van der Waals surface area (Å²) in [7, 11) is 0. The van der Waals surface area contributed by atoms with Gasteiger partial charge in [-0.3, -0.25) is 4.79 Å². The van der Waals surface area contributed by atoms with Crippen LogP contribution in [0.3, 0.4) is 0 Å². The number of carboxylic acids is 1. The molecule has 8 heteroatoms. The van der Waals surface area contributed by atoms with Gasteiger partial charge in [0.1, 0.15) is 11.7 Å². The Bertz CT molecular complexity index is 360. The van der Waals surface area contributed by atoms with Gasteiger partial charge >= 0.3 is 11.8 Å². The molecular formula is C6H8N4O4. The maximum atomic E-state index is 10.4. The van der Waals surface area contributed by atoms with Crippen molar-refractivity contribution in [1.29, 1.82) is 0 Å². The first-order valence-corrected chi connectivity index (χ1v) is 3.67. The lowest BCUT2D eigenvalue weighted by atomic mass is 10.2. The lowest BCUT2D eigenvalue weighted by molar-refractivity contribution is -0.390. The summed E-state index contributed by atoms with van der Waals surface area (Å²) in [5.41, 5.74) is 5.25. The van der Waals surface area contributed by atoms with E-state index in [1.54, 1.807) is 0 Å². The highest BCUT2D eigenvalue weighted by atomic mass is 16.6. The quantitative estimate of drug-likeness (QED) is 0.433. The SMILES string of the molecule is N[C@@H](Cc1nc[nH]c1[N+](=O)[O-])C(=O)O. The minimum atomic E-state index is -1.22. The van der Waals surface area contributed by atoms with Crippen molar-refractivity contribution in [2.45, 2.75) is 12.5 Å². The fourth-order valence-corrected chi connectivity index (χ4v) is 0.919. The number of nitrogens with one attached hydrogen (secondary N) is 1. The molecule has 0 aliphatic carbocycles. The Morgan fingerprint density at radius 3 is 3.00 bits per heavy atom. The molecule has 1 rings (SSSR count). The van der Waals surface area contributed by atoms with Crippen LogP contribution in [-0.4, -0.2) is 32.0 Å². The zero-order valence-electron chi connectivity index (χ0n) is 7.01. The summed E-state index contributed by atoms with van der Waals surface area (Å²) < 4.78 is 0. The molecule has 0 radical (unpaired) electrons. The van der Waals surface area contributed by atoms with Crippen LogP contribution in [0.4, 0.5) is 5.82 Å². The molecule has 0 bridgehead atoms. The van der Waals surface area contributed by atoms with Crippen LogP contribution in [0.5, 0.6) is 0 Å². The summed E-state index contributed by atoms with van der Waals surface area (Å²) in [6.07, 6.45) is 0.956. The van der Waals surface area contributed by atoms with Crippen molar-refractivity contribution in [1.82, 2.24) is 9.97 Å². The van der Waals surface area contributed by atoms with Gasteiger partial charge in [0.25, 0.3) is 0 Å². The maximum Gasteiger partial charge on any atom is 0.343 e. The fraction of sp³-hybridized carbons (Fsp3) is 0.333. The third-order valence-electron chi connectivity index (χ3n) is 1.61. The molecule has 1 heterocycles. The number of rotatable bonds is 4. The highest BCUT2D eigenvalue weighted by Gasteiger charge is 2.21. The first-order valence-electron chi connectivity index (χ1n) is 3.67. The van der Waals surface area contributed by atoms with E-state index in [1.807, 2.05) is 0 Å². The molecule has 0 saturated carbocycles. The second-order valence-electron chi connectivity index (χ2n) is 2.60. The smallest absolute Gasteiger partial charge is 0.343 e. The molecule has 0 aliphatic heterocycles. The minimum Gasteiger partial charge on any atom is -0.480 e. The minimum absolute atomic E-state index is 0.0462. The number of nitro groups is 1. The lowest BCUT2D eigenvalue weighted by Crippen LogP contribution is -2.32. The van der Waals surface area contributed by atoms with Crippen molar-refractivity contribution in [2.75, 3.05) is 0 Å². The van der Waals surface area contributed by atoms with E-state index in [2.05, 4.69) is 9.97 Å². The normalized spacial score (nSPS) is 12.4. The van der Waals surface area contributed by atoms with Gasteiger partial charge in [0.15, 0.2) is 6.33 Å². The number of H-pyrrole nitrogens is 1. The fourth-order valence-electron chi connectivity index (χ4n) is 0.919. The Morgan fingerprint density at radius 1 is 1.86 bits per heavy atom. The van der Waals surface area contributed by atoms with Gasteiger partial charge < -0.3 is 21.0 Å². The van der Waals surface area contributed by atoms with Gasteiger partial charge in [-0.15, -0.1) is 0 Å². The Labute approximate surface area is 77.9 Å². The number of aromatic amines is 1. The molecule has 0 saturated heterocycles. The van der Waals surface area contributed by atoms with E-state index in [9.17, 15) is 14.9 Å². The Kier molecular flexibility index (Phi) is 2.77. The molecule has 4 N–H and O–H groups in total. The molecule has 14 heavy (non-hydrogen) atoms. The summed E-state index contributed by atoms with van der Waals surface area (Å²) in [5, 5.41) is 18.9. The van der Waals surface area contributed by atoms with E-state index >= 15 is 0 Å². The predicted octanol–water partition coefficient (Wildman–Crippen LogP) is -0.728. The van der Waals surface area contributed by atoms with Crippen LogP contribution < -0.4 is 5.73 Å². The number of nitrogens with two attached hydrogens (primary N) is 1. The van der Waals surface area contributed by atoms with Crippen molar-refractivity contribution in [3.05, 3.63) is 22.1 Å². The number of nitrogens with zero attached hydrogens (tertiary/aromatic N) is 2. The first-order chi connectivity index (χ1) is 6.52. The van der Waals surface area contributed by atoms with Gasteiger partial charge in [-0.25, -0.2) is 9.97 Å². The van der Waals surface area contributed by atoms with E-state index < -0.39 is 16.9 Å². The second kappa shape index (κ2) is 3.83.